The van der Waals surface area contributed by atoms with Crippen molar-refractivity contribution in [3.05, 3.63) is 18.2 Å². The number of piperidine rings is 1. The van der Waals surface area contributed by atoms with E-state index in [1.807, 2.05) is 18.2 Å². The van der Waals surface area contributed by atoms with Crippen LogP contribution in [-0.2, 0) is 0 Å². The van der Waals surface area contributed by atoms with Crippen LogP contribution < -0.4 is 20.5 Å². The Morgan fingerprint density at radius 2 is 2.08 bits per heavy atom. The number of rotatable bonds is 6. The average Bonchev–Trinajstić information content (AvgIpc) is 2.90. The summed E-state index contributed by atoms with van der Waals surface area (Å²) in [5, 5.41) is 3.18. The maximum absolute atomic E-state index is 6.12. The van der Waals surface area contributed by atoms with Crippen LogP contribution in [0.3, 0.4) is 0 Å². The fraction of sp³-hybridized carbons (Fsp3) is 0.650. The normalized spacial score (nSPS) is 21.3. The summed E-state index contributed by atoms with van der Waals surface area (Å²) >= 11 is 0. The summed E-state index contributed by atoms with van der Waals surface area (Å²) in [6.07, 6.45) is 7.19. The van der Waals surface area contributed by atoms with Gasteiger partial charge in [0.1, 0.15) is 0 Å². The maximum atomic E-state index is 6.12. The molecule has 0 aromatic heterocycles. The first kappa shape index (κ1) is 18.8. The van der Waals surface area contributed by atoms with Crippen LogP contribution in [0.1, 0.15) is 45.4 Å². The van der Waals surface area contributed by atoms with Crippen LogP contribution in [0, 0.1) is 0 Å². The molecule has 1 unspecified atom stereocenters. The Bertz CT molecular complexity index is 605. The van der Waals surface area contributed by atoms with Gasteiger partial charge in [0.05, 0.1) is 19.8 Å². The predicted molar refractivity (Wildman–Crippen MR) is 106 cm³/mol. The minimum atomic E-state index is 0.459. The van der Waals surface area contributed by atoms with Gasteiger partial charge in [-0.3, -0.25) is 9.89 Å². The molecule has 0 aliphatic carbocycles. The number of ether oxygens (including phenoxy) is 2. The summed E-state index contributed by atoms with van der Waals surface area (Å²) in [7, 11) is 0. The van der Waals surface area contributed by atoms with Crippen LogP contribution in [0.15, 0.2) is 23.2 Å². The molecular weight excluding hydrogens is 328 g/mol. The summed E-state index contributed by atoms with van der Waals surface area (Å²) in [6, 6.07) is 6.31. The van der Waals surface area contributed by atoms with Gasteiger partial charge in [0.15, 0.2) is 17.5 Å². The Kier molecular flexibility index (Phi) is 7.00. The third-order valence-electron chi connectivity index (χ3n) is 5.04. The van der Waals surface area contributed by atoms with E-state index in [9.17, 15) is 0 Å². The van der Waals surface area contributed by atoms with E-state index < -0.39 is 0 Å². The van der Waals surface area contributed by atoms with Gasteiger partial charge in [-0.05, 0) is 44.5 Å². The molecule has 0 spiro atoms. The van der Waals surface area contributed by atoms with Crippen LogP contribution >= 0.6 is 0 Å². The molecule has 0 saturated carbocycles. The van der Waals surface area contributed by atoms with Crippen molar-refractivity contribution < 1.29 is 9.47 Å². The molecule has 1 fully saturated rings. The summed E-state index contributed by atoms with van der Waals surface area (Å²) < 4.78 is 11.4. The first-order chi connectivity index (χ1) is 12.8. The lowest BCUT2D eigenvalue weighted by Crippen LogP contribution is -2.42. The van der Waals surface area contributed by atoms with Crippen molar-refractivity contribution in [2.45, 2.75) is 51.5 Å². The summed E-state index contributed by atoms with van der Waals surface area (Å²) in [6.45, 7) is 6.73. The molecule has 1 atom stereocenters. The molecule has 0 bridgehead atoms. The van der Waals surface area contributed by atoms with Crippen LogP contribution in [0.2, 0.25) is 0 Å². The minimum absolute atomic E-state index is 0.459. The van der Waals surface area contributed by atoms with E-state index in [4.69, 9.17) is 15.2 Å². The quantitative estimate of drug-likeness (QED) is 0.602. The fourth-order valence-electron chi connectivity index (χ4n) is 3.55. The zero-order valence-corrected chi connectivity index (χ0v) is 15.9. The minimum Gasteiger partial charge on any atom is -0.490 e. The molecule has 144 valence electrons. The Morgan fingerprint density at radius 3 is 2.92 bits per heavy atom. The molecule has 2 heterocycles. The monoisotopic (exact) mass is 360 g/mol. The third kappa shape index (κ3) is 5.27. The molecule has 1 saturated heterocycles. The van der Waals surface area contributed by atoms with Gasteiger partial charge in [0, 0.05) is 24.2 Å². The van der Waals surface area contributed by atoms with Crippen LogP contribution in [-0.4, -0.2) is 49.7 Å². The number of nitrogens with one attached hydrogen (secondary N) is 1. The van der Waals surface area contributed by atoms with E-state index in [1.54, 1.807) is 0 Å². The summed E-state index contributed by atoms with van der Waals surface area (Å²) in [5.41, 5.74) is 7.00. The molecule has 6 heteroatoms. The zero-order chi connectivity index (χ0) is 18.2. The molecule has 0 amide bonds. The highest BCUT2D eigenvalue weighted by Crippen LogP contribution is 2.32. The van der Waals surface area contributed by atoms with Gasteiger partial charge in [-0.1, -0.05) is 19.8 Å². The molecule has 3 N–H and O–H groups in total. The van der Waals surface area contributed by atoms with Gasteiger partial charge in [-0.15, -0.1) is 0 Å². The molecule has 2 aliphatic rings. The first-order valence-corrected chi connectivity index (χ1v) is 9.97. The lowest BCUT2D eigenvalue weighted by Gasteiger charge is -2.34. The van der Waals surface area contributed by atoms with E-state index in [1.165, 1.54) is 45.2 Å². The van der Waals surface area contributed by atoms with Crippen molar-refractivity contribution in [2.24, 2.45) is 10.7 Å². The second kappa shape index (κ2) is 9.67. The Hall–Kier alpha value is -1.95. The number of guanidine groups is 1. The highest BCUT2D eigenvalue weighted by molar-refractivity contribution is 5.92. The highest BCUT2D eigenvalue weighted by Gasteiger charge is 2.21. The summed E-state index contributed by atoms with van der Waals surface area (Å²) in [5.74, 6) is 2.01. The van der Waals surface area contributed by atoms with Crippen molar-refractivity contribution in [2.75, 3.05) is 38.2 Å². The molecule has 2 aliphatic heterocycles. The second-order valence-corrected chi connectivity index (χ2v) is 7.10. The van der Waals surface area contributed by atoms with Gasteiger partial charge < -0.3 is 20.5 Å². The SMILES string of the molecule is CCCCN1CCCCC1CN=C(N)Nc1ccc2c(c1)OCCCO2. The van der Waals surface area contributed by atoms with E-state index in [-0.39, 0.29) is 0 Å². The Morgan fingerprint density at radius 1 is 1.23 bits per heavy atom. The van der Waals surface area contributed by atoms with E-state index in [0.29, 0.717) is 25.2 Å². The van der Waals surface area contributed by atoms with Crippen LogP contribution in [0.25, 0.3) is 0 Å². The fourth-order valence-corrected chi connectivity index (χ4v) is 3.55. The number of fused-ring (bicyclic) bond motifs is 1. The van der Waals surface area contributed by atoms with Gasteiger partial charge in [0.25, 0.3) is 0 Å². The van der Waals surface area contributed by atoms with E-state index in [0.717, 1.165) is 30.2 Å². The topological polar surface area (TPSA) is 72.1 Å². The highest BCUT2D eigenvalue weighted by atomic mass is 16.5. The number of unbranched alkanes of at least 4 members (excludes halogenated alkanes) is 1. The van der Waals surface area contributed by atoms with Crippen molar-refractivity contribution in [3.8, 4) is 11.5 Å². The largest absolute Gasteiger partial charge is 0.490 e. The molecule has 26 heavy (non-hydrogen) atoms. The second-order valence-electron chi connectivity index (χ2n) is 7.10. The van der Waals surface area contributed by atoms with Crippen LogP contribution in [0.4, 0.5) is 5.69 Å². The lowest BCUT2D eigenvalue weighted by atomic mass is 10.0. The van der Waals surface area contributed by atoms with Gasteiger partial charge >= 0.3 is 0 Å². The molecule has 1 aromatic rings. The Balaban J connectivity index is 1.56. The number of aliphatic imine (C=N–C) groups is 1. The predicted octanol–water partition coefficient (Wildman–Crippen LogP) is 3.23. The molecule has 6 nitrogen and oxygen atoms in total. The maximum Gasteiger partial charge on any atom is 0.193 e. The van der Waals surface area contributed by atoms with Gasteiger partial charge in [0.2, 0.25) is 0 Å². The molecular formula is C20H32N4O2. The number of hydrogen-bond donors (Lipinski definition) is 2. The first-order valence-electron chi connectivity index (χ1n) is 9.97. The van der Waals surface area contributed by atoms with Gasteiger partial charge in [-0.25, -0.2) is 0 Å². The zero-order valence-electron chi connectivity index (χ0n) is 15.9. The average molecular weight is 361 g/mol. The van der Waals surface area contributed by atoms with E-state index in [2.05, 4.69) is 22.1 Å². The molecule has 1 aromatic carbocycles. The van der Waals surface area contributed by atoms with Crippen LogP contribution in [0.5, 0.6) is 11.5 Å². The molecule has 0 radical (unpaired) electrons. The van der Waals surface area contributed by atoms with Gasteiger partial charge in [-0.2, -0.15) is 0 Å². The van der Waals surface area contributed by atoms with Crippen molar-refractivity contribution in [1.82, 2.24) is 4.90 Å². The van der Waals surface area contributed by atoms with Crippen molar-refractivity contribution >= 4 is 11.6 Å². The number of nitrogens with two attached hydrogens (primary N) is 1. The molecule has 3 rings (SSSR count). The Labute approximate surface area is 156 Å². The number of nitrogens with zero attached hydrogens (tertiary/aromatic N) is 2. The van der Waals surface area contributed by atoms with E-state index >= 15 is 0 Å². The number of anilines is 1. The summed E-state index contributed by atoms with van der Waals surface area (Å²) in [4.78, 5) is 7.18. The standard InChI is InChI=1S/C20H32N4O2/c1-2-3-10-24-11-5-4-7-17(24)15-22-20(21)23-16-8-9-18-19(14-16)26-13-6-12-25-18/h8-9,14,17H,2-7,10-13,15H2,1H3,(H3,21,22,23). The number of benzene rings is 1. The van der Waals surface area contributed by atoms with Crippen molar-refractivity contribution in [1.29, 1.82) is 0 Å². The smallest absolute Gasteiger partial charge is 0.193 e. The number of hydrogen-bond acceptors (Lipinski definition) is 4. The number of likely N-dealkylation sites (tertiary alicyclic amines) is 1. The third-order valence-corrected chi connectivity index (χ3v) is 5.04. The lowest BCUT2D eigenvalue weighted by molar-refractivity contribution is 0.151. The van der Waals surface area contributed by atoms with Crippen molar-refractivity contribution in [3.63, 3.8) is 0 Å².